The largest absolute Gasteiger partial charge is 0.481 e. The summed E-state index contributed by atoms with van der Waals surface area (Å²) in [5.41, 5.74) is 0. The van der Waals surface area contributed by atoms with Crippen molar-refractivity contribution in [2.24, 2.45) is 0 Å². The summed E-state index contributed by atoms with van der Waals surface area (Å²) in [6.07, 6.45) is 3.89. The van der Waals surface area contributed by atoms with Crippen molar-refractivity contribution >= 4 is 11.9 Å². The van der Waals surface area contributed by atoms with Crippen LogP contribution in [0.25, 0.3) is 0 Å². The van der Waals surface area contributed by atoms with Gasteiger partial charge in [-0.05, 0) is 12.8 Å². The highest BCUT2D eigenvalue weighted by Crippen LogP contribution is 2.23. The summed E-state index contributed by atoms with van der Waals surface area (Å²) in [6, 6.07) is 0.752. The molecule has 3 atom stereocenters. The molecule has 2 rings (SSSR count). The number of fused-ring (bicyclic) bond motifs is 1. The van der Waals surface area contributed by atoms with Crippen LogP contribution in [0.15, 0.2) is 0 Å². The van der Waals surface area contributed by atoms with Gasteiger partial charge in [0, 0.05) is 12.1 Å². The third-order valence-electron chi connectivity index (χ3n) is 3.29. The van der Waals surface area contributed by atoms with E-state index in [2.05, 4.69) is 10.6 Å². The van der Waals surface area contributed by atoms with Gasteiger partial charge in [-0.3, -0.25) is 20.2 Å². The minimum Gasteiger partial charge on any atom is -0.481 e. The average Bonchev–Trinajstić information content (AvgIpc) is 2.68. The van der Waals surface area contributed by atoms with Gasteiger partial charge in [-0.25, -0.2) is 0 Å². The molecule has 0 radical (unpaired) electrons. The number of rotatable bonds is 4. The predicted octanol–water partition coefficient (Wildman–Crippen LogP) is 0.182. The molecule has 17 heavy (non-hydrogen) atoms. The molecule has 0 bridgehead atoms. The lowest BCUT2D eigenvalue weighted by molar-refractivity contribution is -0.154. The Morgan fingerprint density at radius 2 is 1.71 bits per heavy atom. The van der Waals surface area contributed by atoms with E-state index in [0.717, 1.165) is 12.8 Å². The maximum Gasteiger partial charge on any atom is 0.308 e. The normalized spacial score (nSPS) is 31.9. The Kier molecular flexibility index (Phi) is 3.96. The fraction of sp³-hybridized carbons (Fsp3) is 0.818. The molecule has 2 unspecified atom stereocenters. The molecule has 0 amide bonds. The summed E-state index contributed by atoms with van der Waals surface area (Å²) in [5, 5.41) is 14.9. The number of nitrogens with one attached hydrogen (secondary N) is 2. The van der Waals surface area contributed by atoms with Crippen molar-refractivity contribution in [2.75, 3.05) is 0 Å². The molecular weight excluding hydrogens is 224 g/mol. The molecule has 1 saturated heterocycles. The first-order valence-corrected chi connectivity index (χ1v) is 6.08. The smallest absolute Gasteiger partial charge is 0.308 e. The number of hydrogen-bond donors (Lipinski definition) is 3. The molecule has 1 heterocycles. The summed E-state index contributed by atoms with van der Waals surface area (Å²) in [6.45, 7) is 0. The van der Waals surface area contributed by atoms with E-state index in [1.807, 2.05) is 0 Å². The van der Waals surface area contributed by atoms with Gasteiger partial charge in [-0.2, -0.15) is 0 Å². The molecule has 0 aromatic carbocycles. The van der Waals surface area contributed by atoms with Gasteiger partial charge in [0.05, 0.1) is 12.8 Å². The van der Waals surface area contributed by atoms with Gasteiger partial charge in [-0.1, -0.05) is 12.8 Å². The van der Waals surface area contributed by atoms with Crippen molar-refractivity contribution in [2.45, 2.75) is 57.0 Å². The predicted molar refractivity (Wildman–Crippen MR) is 59.1 cm³/mol. The highest BCUT2D eigenvalue weighted by molar-refractivity contribution is 5.76. The fourth-order valence-electron chi connectivity index (χ4n) is 2.43. The van der Waals surface area contributed by atoms with Crippen molar-refractivity contribution < 1.29 is 19.4 Å². The van der Waals surface area contributed by atoms with Crippen LogP contribution in [0.1, 0.15) is 38.5 Å². The molecule has 96 valence electrons. The van der Waals surface area contributed by atoms with Gasteiger partial charge in [-0.15, -0.1) is 0 Å². The Bertz CT molecular complexity index is 294. The van der Waals surface area contributed by atoms with Gasteiger partial charge in [0.1, 0.15) is 0 Å². The molecule has 0 aromatic heterocycles. The monoisotopic (exact) mass is 242 g/mol. The number of esters is 1. The third-order valence-corrected chi connectivity index (χ3v) is 3.29. The molecule has 1 aliphatic carbocycles. The molecule has 2 aliphatic rings. The van der Waals surface area contributed by atoms with E-state index in [1.165, 1.54) is 12.8 Å². The number of carboxylic acid groups (broad SMARTS) is 1. The standard InChI is InChI=1S/C11H18N2O4/c14-9(15)5-6-10(16)17-11-12-7-3-1-2-4-8(7)13-11/h7-8,11-13H,1-6H2,(H,14,15)/t7-,8?,11?/m0/s1. The Morgan fingerprint density at radius 1 is 1.12 bits per heavy atom. The Labute approximate surface area is 99.7 Å². The zero-order chi connectivity index (χ0) is 12.3. The Balaban J connectivity index is 1.73. The molecule has 0 aromatic rings. The summed E-state index contributed by atoms with van der Waals surface area (Å²) < 4.78 is 5.13. The van der Waals surface area contributed by atoms with Gasteiger partial charge < -0.3 is 9.84 Å². The second kappa shape index (κ2) is 5.46. The van der Waals surface area contributed by atoms with Gasteiger partial charge in [0.25, 0.3) is 0 Å². The minimum atomic E-state index is -0.983. The summed E-state index contributed by atoms with van der Waals surface area (Å²) in [4.78, 5) is 21.7. The van der Waals surface area contributed by atoms with E-state index in [0.29, 0.717) is 12.1 Å². The van der Waals surface area contributed by atoms with Crippen LogP contribution in [0.5, 0.6) is 0 Å². The van der Waals surface area contributed by atoms with Crippen LogP contribution in [0.3, 0.4) is 0 Å². The van der Waals surface area contributed by atoms with Crippen molar-refractivity contribution in [3.05, 3.63) is 0 Å². The van der Waals surface area contributed by atoms with Gasteiger partial charge in [0.15, 0.2) is 0 Å². The van der Waals surface area contributed by atoms with Crippen LogP contribution in [0, 0.1) is 0 Å². The maximum absolute atomic E-state index is 11.3. The number of ether oxygens (including phenoxy) is 1. The van der Waals surface area contributed by atoms with Crippen LogP contribution in [0.2, 0.25) is 0 Å². The van der Waals surface area contributed by atoms with Crippen molar-refractivity contribution in [1.29, 1.82) is 0 Å². The lowest BCUT2D eigenvalue weighted by Crippen LogP contribution is -2.38. The first-order chi connectivity index (χ1) is 8.15. The second-order valence-electron chi connectivity index (χ2n) is 4.59. The molecule has 0 spiro atoms. The van der Waals surface area contributed by atoms with Crippen molar-refractivity contribution in [3.8, 4) is 0 Å². The molecule has 6 nitrogen and oxygen atoms in total. The molecule has 1 aliphatic heterocycles. The van der Waals surface area contributed by atoms with E-state index in [-0.39, 0.29) is 12.8 Å². The first-order valence-electron chi connectivity index (χ1n) is 6.08. The molecule has 6 heteroatoms. The number of carboxylic acids is 1. The van der Waals surface area contributed by atoms with Crippen LogP contribution in [-0.2, 0) is 14.3 Å². The Hall–Kier alpha value is -1.14. The summed E-state index contributed by atoms with van der Waals surface area (Å²) in [7, 11) is 0. The zero-order valence-corrected chi connectivity index (χ0v) is 9.65. The van der Waals surface area contributed by atoms with Crippen LogP contribution in [-0.4, -0.2) is 35.5 Å². The minimum absolute atomic E-state index is 0.0788. The SMILES string of the molecule is O=C(O)CCC(=O)OC1NC2CCCC[C@@H]2N1. The maximum atomic E-state index is 11.3. The van der Waals surface area contributed by atoms with E-state index in [9.17, 15) is 9.59 Å². The summed E-state index contributed by atoms with van der Waals surface area (Å²) in [5.74, 6) is -1.46. The topological polar surface area (TPSA) is 87.7 Å². The summed E-state index contributed by atoms with van der Waals surface area (Å²) >= 11 is 0. The van der Waals surface area contributed by atoms with Crippen LogP contribution >= 0.6 is 0 Å². The zero-order valence-electron chi connectivity index (χ0n) is 9.65. The quantitative estimate of drug-likeness (QED) is 0.610. The second-order valence-corrected chi connectivity index (χ2v) is 4.59. The molecule has 3 N–H and O–H groups in total. The molecule has 1 saturated carbocycles. The fourth-order valence-corrected chi connectivity index (χ4v) is 2.43. The van der Waals surface area contributed by atoms with Crippen molar-refractivity contribution in [3.63, 3.8) is 0 Å². The molecular formula is C11H18N2O4. The number of hydrogen-bond acceptors (Lipinski definition) is 5. The highest BCUT2D eigenvalue weighted by Gasteiger charge is 2.36. The number of carbonyl (C=O) groups is 2. The van der Waals surface area contributed by atoms with E-state index < -0.39 is 18.3 Å². The lowest BCUT2D eigenvalue weighted by atomic mass is 9.92. The molecule has 2 fully saturated rings. The lowest BCUT2D eigenvalue weighted by Gasteiger charge is -2.23. The van der Waals surface area contributed by atoms with E-state index in [4.69, 9.17) is 9.84 Å². The van der Waals surface area contributed by atoms with Crippen molar-refractivity contribution in [1.82, 2.24) is 10.6 Å². The van der Waals surface area contributed by atoms with Crippen LogP contribution in [0.4, 0.5) is 0 Å². The average molecular weight is 242 g/mol. The van der Waals surface area contributed by atoms with E-state index in [1.54, 1.807) is 0 Å². The first kappa shape index (κ1) is 12.3. The number of aliphatic carboxylic acids is 1. The highest BCUT2D eigenvalue weighted by atomic mass is 16.6. The third kappa shape index (κ3) is 3.41. The number of carbonyl (C=O) groups excluding carboxylic acids is 1. The van der Waals surface area contributed by atoms with E-state index >= 15 is 0 Å². The van der Waals surface area contributed by atoms with Gasteiger partial charge in [0.2, 0.25) is 6.35 Å². The van der Waals surface area contributed by atoms with Crippen LogP contribution < -0.4 is 10.6 Å². The Morgan fingerprint density at radius 3 is 2.24 bits per heavy atom. The van der Waals surface area contributed by atoms with Gasteiger partial charge >= 0.3 is 11.9 Å².